The molecular weight excluding hydrogens is 300 g/mol. The fourth-order valence-electron chi connectivity index (χ4n) is 3.08. The summed E-state index contributed by atoms with van der Waals surface area (Å²) < 4.78 is 2.04. The minimum Gasteiger partial charge on any atom is -0.351 e. The number of carbonyl (C=O) groups is 1. The van der Waals surface area contributed by atoms with E-state index in [4.69, 9.17) is 5.73 Å². The van der Waals surface area contributed by atoms with Crippen LogP contribution in [0.1, 0.15) is 0 Å². The first-order chi connectivity index (χ1) is 11.6. The average molecular weight is 316 g/mol. The lowest BCUT2D eigenvalue weighted by Gasteiger charge is -2.22. The van der Waals surface area contributed by atoms with E-state index in [0.717, 1.165) is 33.2 Å². The van der Waals surface area contributed by atoms with Crippen molar-refractivity contribution in [1.29, 1.82) is 0 Å². The highest BCUT2D eigenvalue weighted by Gasteiger charge is 2.18. The fourth-order valence-corrected chi connectivity index (χ4v) is 3.08. The smallest absolute Gasteiger partial charge is 0.323 e. The summed E-state index contributed by atoms with van der Waals surface area (Å²) in [5, 5.41) is 1.94. The topological polar surface area (TPSA) is 64.2 Å². The van der Waals surface area contributed by atoms with Gasteiger partial charge in [0.2, 0.25) is 0 Å². The highest BCUT2D eigenvalue weighted by atomic mass is 16.2. The molecule has 0 bridgehead atoms. The highest BCUT2D eigenvalue weighted by Crippen LogP contribution is 2.33. The number of benzene rings is 2. The second kappa shape index (κ2) is 5.38. The Hall–Kier alpha value is -3.34. The molecule has 0 spiro atoms. The minimum absolute atomic E-state index is 0.526. The Morgan fingerprint density at radius 1 is 1.12 bits per heavy atom. The van der Waals surface area contributed by atoms with E-state index in [1.165, 1.54) is 4.90 Å². The molecule has 0 saturated carbocycles. The molecular formula is C19H16N4O. The van der Waals surface area contributed by atoms with Crippen molar-refractivity contribution >= 4 is 39.2 Å². The van der Waals surface area contributed by atoms with Crippen LogP contribution in [-0.4, -0.2) is 15.6 Å². The van der Waals surface area contributed by atoms with E-state index in [0.29, 0.717) is 0 Å². The van der Waals surface area contributed by atoms with E-state index in [9.17, 15) is 4.79 Å². The Kier molecular flexibility index (Phi) is 3.20. The number of amides is 2. The first kappa shape index (κ1) is 14.3. The van der Waals surface area contributed by atoms with Crippen molar-refractivity contribution in [1.82, 2.24) is 9.55 Å². The van der Waals surface area contributed by atoms with Crippen LogP contribution >= 0.6 is 0 Å². The second-order valence-corrected chi connectivity index (χ2v) is 5.69. The van der Waals surface area contributed by atoms with Crippen molar-refractivity contribution in [3.05, 3.63) is 67.0 Å². The zero-order valence-electron chi connectivity index (χ0n) is 13.2. The van der Waals surface area contributed by atoms with Gasteiger partial charge in [-0.3, -0.25) is 9.88 Å². The quantitative estimate of drug-likeness (QED) is 0.608. The van der Waals surface area contributed by atoms with Crippen LogP contribution in [0, 0.1) is 0 Å². The number of nitrogens with zero attached hydrogens (tertiary/aromatic N) is 3. The van der Waals surface area contributed by atoms with E-state index in [-0.39, 0.29) is 0 Å². The monoisotopic (exact) mass is 316 g/mol. The summed E-state index contributed by atoms with van der Waals surface area (Å²) in [6, 6.07) is 16.8. The molecule has 0 aliphatic rings. The number of hydrogen-bond acceptors (Lipinski definition) is 2. The first-order valence-corrected chi connectivity index (χ1v) is 7.63. The molecule has 0 atom stereocenters. The van der Waals surface area contributed by atoms with Crippen LogP contribution in [-0.2, 0) is 7.05 Å². The standard InChI is InChI=1S/C19H16N4O/c1-22-11-9-13-12-14(7-8-17(13)22)23(19(20)24)18-6-2-5-16-15(18)4-3-10-21-16/h2-12H,1H3,(H2,20,24). The maximum atomic E-state index is 12.2. The summed E-state index contributed by atoms with van der Waals surface area (Å²) in [6.07, 6.45) is 3.72. The number of urea groups is 1. The van der Waals surface area contributed by atoms with E-state index < -0.39 is 6.03 Å². The van der Waals surface area contributed by atoms with Gasteiger partial charge in [-0.05, 0) is 48.5 Å². The van der Waals surface area contributed by atoms with Crippen molar-refractivity contribution in [2.45, 2.75) is 0 Å². The number of aryl methyl sites for hydroxylation is 1. The Labute approximate surface area is 138 Å². The lowest BCUT2D eigenvalue weighted by Crippen LogP contribution is -2.31. The minimum atomic E-state index is -0.526. The molecule has 2 aromatic heterocycles. The Bertz CT molecular complexity index is 1060. The van der Waals surface area contributed by atoms with Crippen LogP contribution < -0.4 is 10.6 Å². The third-order valence-electron chi connectivity index (χ3n) is 4.21. The number of nitrogens with two attached hydrogens (primary N) is 1. The molecule has 2 aromatic carbocycles. The number of carbonyl (C=O) groups excluding carboxylic acids is 1. The molecule has 2 heterocycles. The van der Waals surface area contributed by atoms with Gasteiger partial charge in [0.15, 0.2) is 0 Å². The zero-order valence-corrected chi connectivity index (χ0v) is 13.2. The van der Waals surface area contributed by atoms with E-state index in [1.54, 1.807) is 6.20 Å². The third kappa shape index (κ3) is 2.18. The van der Waals surface area contributed by atoms with E-state index >= 15 is 0 Å². The summed E-state index contributed by atoms with van der Waals surface area (Å²) in [5.41, 5.74) is 9.08. The molecule has 4 rings (SSSR count). The van der Waals surface area contributed by atoms with Gasteiger partial charge in [-0.25, -0.2) is 4.79 Å². The van der Waals surface area contributed by atoms with Gasteiger partial charge in [0, 0.05) is 35.7 Å². The first-order valence-electron chi connectivity index (χ1n) is 7.63. The van der Waals surface area contributed by atoms with Gasteiger partial charge in [-0.15, -0.1) is 0 Å². The van der Waals surface area contributed by atoms with Gasteiger partial charge in [-0.2, -0.15) is 0 Å². The molecule has 4 aromatic rings. The van der Waals surface area contributed by atoms with Gasteiger partial charge in [0.05, 0.1) is 16.9 Å². The summed E-state index contributed by atoms with van der Waals surface area (Å²) in [5.74, 6) is 0. The summed E-state index contributed by atoms with van der Waals surface area (Å²) >= 11 is 0. The fraction of sp³-hybridized carbons (Fsp3) is 0.0526. The molecule has 0 aliphatic carbocycles. The van der Waals surface area contributed by atoms with Crippen LogP contribution in [0.3, 0.4) is 0 Å². The van der Waals surface area contributed by atoms with Gasteiger partial charge in [0.1, 0.15) is 0 Å². The molecule has 118 valence electrons. The second-order valence-electron chi connectivity index (χ2n) is 5.69. The highest BCUT2D eigenvalue weighted by molar-refractivity contribution is 6.07. The number of rotatable bonds is 2. The molecule has 0 aliphatic heterocycles. The van der Waals surface area contributed by atoms with Gasteiger partial charge < -0.3 is 10.3 Å². The van der Waals surface area contributed by atoms with Crippen molar-refractivity contribution in [2.75, 3.05) is 4.90 Å². The molecule has 2 N–H and O–H groups in total. The van der Waals surface area contributed by atoms with Crippen LogP contribution in [0.4, 0.5) is 16.2 Å². The van der Waals surface area contributed by atoms with Crippen molar-refractivity contribution < 1.29 is 4.79 Å². The number of primary amides is 1. The van der Waals surface area contributed by atoms with Gasteiger partial charge in [-0.1, -0.05) is 6.07 Å². The Morgan fingerprint density at radius 3 is 2.83 bits per heavy atom. The summed E-state index contributed by atoms with van der Waals surface area (Å²) in [7, 11) is 1.99. The summed E-state index contributed by atoms with van der Waals surface area (Å²) in [6.45, 7) is 0. The summed E-state index contributed by atoms with van der Waals surface area (Å²) in [4.78, 5) is 18.1. The number of aromatic nitrogens is 2. The van der Waals surface area contributed by atoms with E-state index in [1.807, 2.05) is 72.4 Å². The van der Waals surface area contributed by atoms with Crippen LogP contribution in [0.2, 0.25) is 0 Å². The number of pyridine rings is 1. The van der Waals surface area contributed by atoms with Crippen molar-refractivity contribution in [3.63, 3.8) is 0 Å². The van der Waals surface area contributed by atoms with Crippen LogP contribution in [0.15, 0.2) is 67.0 Å². The van der Waals surface area contributed by atoms with Crippen LogP contribution in [0.25, 0.3) is 21.8 Å². The number of anilines is 2. The number of hydrogen-bond donors (Lipinski definition) is 1. The SMILES string of the molecule is Cn1ccc2cc(N(C(N)=O)c3cccc4ncccc34)ccc21. The van der Waals surface area contributed by atoms with E-state index in [2.05, 4.69) is 4.98 Å². The molecule has 0 unspecified atom stereocenters. The van der Waals surface area contributed by atoms with Gasteiger partial charge >= 0.3 is 6.03 Å². The predicted octanol–water partition coefficient (Wildman–Crippen LogP) is 3.94. The maximum absolute atomic E-state index is 12.2. The molecule has 2 amide bonds. The zero-order chi connectivity index (χ0) is 16.7. The molecule has 24 heavy (non-hydrogen) atoms. The average Bonchev–Trinajstić information content (AvgIpc) is 2.96. The van der Waals surface area contributed by atoms with Crippen LogP contribution in [0.5, 0.6) is 0 Å². The lowest BCUT2D eigenvalue weighted by atomic mass is 10.1. The molecule has 0 fully saturated rings. The maximum Gasteiger partial charge on any atom is 0.323 e. The largest absolute Gasteiger partial charge is 0.351 e. The third-order valence-corrected chi connectivity index (χ3v) is 4.21. The molecule has 5 nitrogen and oxygen atoms in total. The number of fused-ring (bicyclic) bond motifs is 2. The predicted molar refractivity (Wildman–Crippen MR) is 96.4 cm³/mol. The molecule has 0 saturated heterocycles. The van der Waals surface area contributed by atoms with Crippen molar-refractivity contribution in [3.8, 4) is 0 Å². The lowest BCUT2D eigenvalue weighted by molar-refractivity contribution is 0.256. The van der Waals surface area contributed by atoms with Gasteiger partial charge in [0.25, 0.3) is 0 Å². The normalized spacial score (nSPS) is 11.0. The molecule has 5 heteroatoms. The molecule has 0 radical (unpaired) electrons. The Balaban J connectivity index is 1.94. The Morgan fingerprint density at radius 2 is 2.00 bits per heavy atom. The van der Waals surface area contributed by atoms with Crippen molar-refractivity contribution in [2.24, 2.45) is 12.8 Å².